The van der Waals surface area contributed by atoms with Gasteiger partial charge in [0.1, 0.15) is 0 Å². The first-order chi connectivity index (χ1) is 9.49. The second-order valence-corrected chi connectivity index (χ2v) is 7.76. The molecule has 1 saturated heterocycles. The monoisotopic (exact) mass is 406 g/mol. The van der Waals surface area contributed by atoms with Crippen LogP contribution in [-0.2, 0) is 0 Å². The van der Waals surface area contributed by atoms with Gasteiger partial charge < -0.3 is 10.6 Å². The van der Waals surface area contributed by atoms with Crippen molar-refractivity contribution in [2.45, 2.75) is 52.1 Å². The Morgan fingerprint density at radius 2 is 1.95 bits per heavy atom. The van der Waals surface area contributed by atoms with Gasteiger partial charge in [-0.2, -0.15) is 0 Å². The van der Waals surface area contributed by atoms with Crippen LogP contribution in [0, 0.1) is 17.3 Å². The van der Waals surface area contributed by atoms with Crippen molar-refractivity contribution in [3.63, 3.8) is 0 Å². The van der Waals surface area contributed by atoms with Crippen LogP contribution in [-0.4, -0.2) is 49.6 Å². The van der Waals surface area contributed by atoms with Gasteiger partial charge in [0.05, 0.1) is 0 Å². The molecule has 122 valence electrons. The Morgan fingerprint density at radius 1 is 1.29 bits per heavy atom. The molecule has 3 fully saturated rings. The van der Waals surface area contributed by atoms with E-state index in [0.717, 1.165) is 24.5 Å². The van der Waals surface area contributed by atoms with Gasteiger partial charge in [-0.05, 0) is 36.5 Å². The maximum atomic E-state index is 4.39. The number of hydrogen-bond acceptors (Lipinski definition) is 2. The third-order valence-electron chi connectivity index (χ3n) is 5.48. The van der Waals surface area contributed by atoms with Crippen molar-refractivity contribution in [2.75, 3.05) is 26.7 Å². The maximum Gasteiger partial charge on any atom is 0.191 e. The van der Waals surface area contributed by atoms with E-state index in [1.807, 2.05) is 7.05 Å². The van der Waals surface area contributed by atoms with Gasteiger partial charge in [-0.1, -0.05) is 20.8 Å². The molecule has 2 N–H and O–H groups in total. The first-order valence-electron chi connectivity index (χ1n) is 8.21. The second kappa shape index (κ2) is 6.60. The molecule has 0 bridgehead atoms. The lowest BCUT2D eigenvalue weighted by Crippen LogP contribution is -2.47. The van der Waals surface area contributed by atoms with Crippen molar-refractivity contribution in [3.8, 4) is 0 Å². The van der Waals surface area contributed by atoms with Crippen molar-refractivity contribution in [3.05, 3.63) is 0 Å². The summed E-state index contributed by atoms with van der Waals surface area (Å²) in [7, 11) is 1.88. The maximum absolute atomic E-state index is 4.39. The van der Waals surface area contributed by atoms with Crippen LogP contribution in [0.15, 0.2) is 4.99 Å². The second-order valence-electron chi connectivity index (χ2n) is 7.76. The summed E-state index contributed by atoms with van der Waals surface area (Å²) in [5.74, 6) is 2.51. The average molecular weight is 406 g/mol. The third kappa shape index (κ3) is 4.24. The van der Waals surface area contributed by atoms with Crippen LogP contribution in [0.2, 0.25) is 0 Å². The molecular formula is C16H31IN4. The Labute approximate surface area is 146 Å². The van der Waals surface area contributed by atoms with Gasteiger partial charge in [0.2, 0.25) is 0 Å². The lowest BCUT2D eigenvalue weighted by Gasteiger charge is -2.20. The van der Waals surface area contributed by atoms with Crippen LogP contribution in [0.1, 0.15) is 40.0 Å². The van der Waals surface area contributed by atoms with E-state index >= 15 is 0 Å². The van der Waals surface area contributed by atoms with Crippen LogP contribution in [0.5, 0.6) is 0 Å². The van der Waals surface area contributed by atoms with Crippen LogP contribution < -0.4 is 10.6 Å². The SMILES string of the molecule is CN=C(NCC1CC1(C)C)NC1CN(C2CC2)CC1C.I. The molecule has 0 aromatic rings. The molecular weight excluding hydrogens is 375 g/mol. The molecule has 3 aliphatic rings. The van der Waals surface area contributed by atoms with E-state index in [1.54, 1.807) is 0 Å². The van der Waals surface area contributed by atoms with Crippen molar-refractivity contribution < 1.29 is 0 Å². The molecule has 5 heteroatoms. The minimum absolute atomic E-state index is 0. The van der Waals surface area contributed by atoms with E-state index < -0.39 is 0 Å². The number of nitrogens with zero attached hydrogens (tertiary/aromatic N) is 2. The molecule has 0 radical (unpaired) electrons. The molecule has 2 saturated carbocycles. The fourth-order valence-electron chi connectivity index (χ4n) is 3.44. The van der Waals surface area contributed by atoms with Crippen LogP contribution >= 0.6 is 24.0 Å². The predicted molar refractivity (Wildman–Crippen MR) is 99.3 cm³/mol. The van der Waals surface area contributed by atoms with Crippen molar-refractivity contribution in [1.82, 2.24) is 15.5 Å². The van der Waals surface area contributed by atoms with E-state index in [4.69, 9.17) is 0 Å². The Bertz CT molecular complexity index is 392. The fraction of sp³-hybridized carbons (Fsp3) is 0.938. The highest BCUT2D eigenvalue weighted by Gasteiger charge is 2.45. The number of likely N-dealkylation sites (tertiary alicyclic amines) is 1. The predicted octanol–water partition coefficient (Wildman–Crippen LogP) is 2.30. The largest absolute Gasteiger partial charge is 0.356 e. The Hall–Kier alpha value is -0.0400. The van der Waals surface area contributed by atoms with Crippen LogP contribution in [0.25, 0.3) is 0 Å². The van der Waals surface area contributed by atoms with Gasteiger partial charge in [-0.15, -0.1) is 24.0 Å². The van der Waals surface area contributed by atoms with Crippen molar-refractivity contribution >= 4 is 29.9 Å². The smallest absolute Gasteiger partial charge is 0.191 e. The van der Waals surface area contributed by atoms with Gasteiger partial charge in [0.25, 0.3) is 0 Å². The minimum atomic E-state index is 0. The normalized spacial score (nSPS) is 35.2. The molecule has 4 nitrogen and oxygen atoms in total. The molecule has 21 heavy (non-hydrogen) atoms. The first-order valence-corrected chi connectivity index (χ1v) is 8.21. The zero-order valence-electron chi connectivity index (χ0n) is 13.9. The molecule has 1 aliphatic heterocycles. The standard InChI is InChI=1S/C16H30N4.HI/c1-11-9-20(13-5-6-13)10-14(11)19-15(17-4)18-8-12-7-16(12,2)3;/h11-14H,5-10H2,1-4H3,(H2,17,18,19);1H. The van der Waals surface area contributed by atoms with E-state index in [0.29, 0.717) is 17.4 Å². The Kier molecular flexibility index (Phi) is 5.45. The van der Waals surface area contributed by atoms with E-state index in [9.17, 15) is 0 Å². The minimum Gasteiger partial charge on any atom is -0.356 e. The van der Waals surface area contributed by atoms with Gasteiger partial charge in [0.15, 0.2) is 5.96 Å². The summed E-state index contributed by atoms with van der Waals surface area (Å²) >= 11 is 0. The topological polar surface area (TPSA) is 39.7 Å². The zero-order valence-corrected chi connectivity index (χ0v) is 16.2. The lowest BCUT2D eigenvalue weighted by molar-refractivity contribution is 0.315. The molecule has 0 aromatic carbocycles. The van der Waals surface area contributed by atoms with E-state index in [1.165, 1.54) is 32.4 Å². The zero-order chi connectivity index (χ0) is 14.3. The molecule has 3 rings (SSSR count). The van der Waals surface area contributed by atoms with Crippen molar-refractivity contribution in [2.24, 2.45) is 22.2 Å². The number of guanidine groups is 1. The number of hydrogen-bond donors (Lipinski definition) is 2. The summed E-state index contributed by atoms with van der Waals surface area (Å²) in [5.41, 5.74) is 0.537. The van der Waals surface area contributed by atoms with Gasteiger partial charge in [0, 0.05) is 38.8 Å². The molecule has 0 spiro atoms. The molecule has 0 aromatic heterocycles. The first kappa shape index (κ1) is 17.3. The van der Waals surface area contributed by atoms with Gasteiger partial charge in [-0.25, -0.2) is 0 Å². The molecule has 1 heterocycles. The highest BCUT2D eigenvalue weighted by atomic mass is 127. The molecule has 0 amide bonds. The third-order valence-corrected chi connectivity index (χ3v) is 5.48. The van der Waals surface area contributed by atoms with E-state index in [2.05, 4.69) is 41.3 Å². The quantitative estimate of drug-likeness (QED) is 0.428. The summed E-state index contributed by atoms with van der Waals surface area (Å²) < 4.78 is 0. The highest BCUT2D eigenvalue weighted by molar-refractivity contribution is 14.0. The summed E-state index contributed by atoms with van der Waals surface area (Å²) in [4.78, 5) is 7.05. The van der Waals surface area contributed by atoms with Gasteiger partial charge in [-0.3, -0.25) is 9.89 Å². The average Bonchev–Trinajstić information content (AvgIpc) is 3.29. The fourth-order valence-corrected chi connectivity index (χ4v) is 3.44. The number of rotatable bonds is 4. The van der Waals surface area contributed by atoms with Crippen molar-refractivity contribution in [1.29, 1.82) is 0 Å². The highest BCUT2D eigenvalue weighted by Crippen LogP contribution is 2.50. The van der Waals surface area contributed by atoms with Gasteiger partial charge >= 0.3 is 0 Å². The molecule has 3 unspecified atom stereocenters. The Morgan fingerprint density at radius 3 is 2.48 bits per heavy atom. The Balaban J connectivity index is 0.00000161. The summed E-state index contributed by atoms with van der Waals surface area (Å²) in [6.45, 7) is 10.5. The van der Waals surface area contributed by atoms with E-state index in [-0.39, 0.29) is 24.0 Å². The molecule has 3 atom stereocenters. The summed E-state index contributed by atoms with van der Waals surface area (Å²) in [6, 6.07) is 1.43. The summed E-state index contributed by atoms with van der Waals surface area (Å²) in [5, 5.41) is 7.15. The lowest BCUT2D eigenvalue weighted by atomic mass is 10.1. The molecule has 2 aliphatic carbocycles. The number of nitrogens with one attached hydrogen (secondary N) is 2. The van der Waals surface area contributed by atoms with Crippen LogP contribution in [0.4, 0.5) is 0 Å². The van der Waals surface area contributed by atoms with Crippen LogP contribution in [0.3, 0.4) is 0 Å². The number of halogens is 1. The summed E-state index contributed by atoms with van der Waals surface area (Å²) in [6.07, 6.45) is 4.15. The number of aliphatic imine (C=N–C) groups is 1.